The molecule has 0 aliphatic carbocycles. The van der Waals surface area contributed by atoms with E-state index in [4.69, 9.17) is 0 Å². The third-order valence-electron chi connectivity index (χ3n) is 3.21. The normalized spacial score (nSPS) is 32.3. The van der Waals surface area contributed by atoms with Crippen molar-refractivity contribution >= 4 is 5.91 Å². The molecular formula is C11H20N2O. The summed E-state index contributed by atoms with van der Waals surface area (Å²) in [4.78, 5) is 13.8. The Bertz CT molecular complexity index is 231. The van der Waals surface area contributed by atoms with E-state index in [0.717, 1.165) is 19.5 Å². The molecule has 0 spiro atoms. The van der Waals surface area contributed by atoms with Crippen molar-refractivity contribution in [1.29, 1.82) is 0 Å². The molecule has 2 saturated heterocycles. The molecule has 1 amide bonds. The molecule has 2 aliphatic rings. The first-order valence-corrected chi connectivity index (χ1v) is 5.61. The summed E-state index contributed by atoms with van der Waals surface area (Å²) in [6, 6.07) is 0. The van der Waals surface area contributed by atoms with Gasteiger partial charge in [0.2, 0.25) is 5.91 Å². The molecule has 0 bridgehead atoms. The van der Waals surface area contributed by atoms with Crippen molar-refractivity contribution in [2.75, 3.05) is 13.1 Å². The van der Waals surface area contributed by atoms with E-state index < -0.39 is 0 Å². The van der Waals surface area contributed by atoms with E-state index >= 15 is 0 Å². The molecule has 2 aliphatic heterocycles. The first-order valence-electron chi connectivity index (χ1n) is 5.61. The van der Waals surface area contributed by atoms with Crippen molar-refractivity contribution in [1.82, 2.24) is 10.2 Å². The van der Waals surface area contributed by atoms with Crippen LogP contribution in [0.5, 0.6) is 0 Å². The zero-order chi connectivity index (χ0) is 10.2. The Labute approximate surface area is 85.8 Å². The van der Waals surface area contributed by atoms with Gasteiger partial charge in [0.1, 0.15) is 0 Å². The molecule has 3 heteroatoms. The number of carbonyl (C=O) groups is 1. The molecule has 0 aromatic rings. The van der Waals surface area contributed by atoms with Crippen LogP contribution < -0.4 is 5.32 Å². The van der Waals surface area contributed by atoms with Crippen molar-refractivity contribution in [3.8, 4) is 0 Å². The van der Waals surface area contributed by atoms with Crippen LogP contribution in [0.1, 0.15) is 39.5 Å². The van der Waals surface area contributed by atoms with Crippen molar-refractivity contribution in [3.63, 3.8) is 0 Å². The number of likely N-dealkylation sites (tertiary alicyclic amines) is 1. The zero-order valence-electron chi connectivity index (χ0n) is 9.18. The van der Waals surface area contributed by atoms with Crippen LogP contribution in [0.15, 0.2) is 0 Å². The van der Waals surface area contributed by atoms with Crippen LogP contribution in [-0.2, 0) is 4.79 Å². The number of carbonyl (C=O) groups excluding carboxylic acids is 1. The van der Waals surface area contributed by atoms with Crippen LogP contribution in [0.3, 0.4) is 0 Å². The molecule has 1 unspecified atom stereocenters. The fourth-order valence-corrected chi connectivity index (χ4v) is 2.50. The number of rotatable bonds is 1. The highest BCUT2D eigenvalue weighted by atomic mass is 16.2. The van der Waals surface area contributed by atoms with E-state index in [9.17, 15) is 4.79 Å². The maximum Gasteiger partial charge on any atom is 0.224 e. The number of nitrogens with zero attached hydrogens (tertiary/aromatic N) is 1. The van der Waals surface area contributed by atoms with Gasteiger partial charge in [-0.1, -0.05) is 13.8 Å². The third kappa shape index (κ3) is 1.92. The average Bonchev–Trinajstić information content (AvgIpc) is 2.41. The van der Waals surface area contributed by atoms with Gasteiger partial charge >= 0.3 is 0 Å². The molecule has 2 heterocycles. The Morgan fingerprint density at radius 3 is 2.71 bits per heavy atom. The second-order valence-corrected chi connectivity index (χ2v) is 5.33. The number of hydrogen-bond donors (Lipinski definition) is 1. The SMILES string of the molecule is CC1(C)CC(=O)N(C2CCCCN2)C1. The van der Waals surface area contributed by atoms with E-state index in [1.165, 1.54) is 12.8 Å². The van der Waals surface area contributed by atoms with Crippen LogP contribution in [0, 0.1) is 5.41 Å². The molecule has 14 heavy (non-hydrogen) atoms. The van der Waals surface area contributed by atoms with Crippen LogP contribution in [-0.4, -0.2) is 30.1 Å². The average molecular weight is 196 g/mol. The molecule has 2 fully saturated rings. The topological polar surface area (TPSA) is 32.3 Å². The van der Waals surface area contributed by atoms with Crippen LogP contribution in [0.25, 0.3) is 0 Å². The Hall–Kier alpha value is -0.570. The predicted molar refractivity (Wildman–Crippen MR) is 55.8 cm³/mol. The number of hydrogen-bond acceptors (Lipinski definition) is 2. The van der Waals surface area contributed by atoms with Gasteiger partial charge in [0.25, 0.3) is 0 Å². The fraction of sp³-hybridized carbons (Fsp3) is 0.909. The molecular weight excluding hydrogens is 176 g/mol. The minimum Gasteiger partial charge on any atom is -0.327 e. The minimum atomic E-state index is 0.177. The largest absolute Gasteiger partial charge is 0.327 e. The molecule has 1 atom stereocenters. The predicted octanol–water partition coefficient (Wildman–Crippen LogP) is 1.34. The lowest BCUT2D eigenvalue weighted by Crippen LogP contribution is -2.49. The zero-order valence-corrected chi connectivity index (χ0v) is 9.18. The van der Waals surface area contributed by atoms with E-state index in [1.807, 2.05) is 4.90 Å². The van der Waals surface area contributed by atoms with E-state index in [-0.39, 0.29) is 5.41 Å². The number of nitrogens with one attached hydrogen (secondary N) is 1. The Kier molecular flexibility index (Phi) is 2.52. The molecule has 3 nitrogen and oxygen atoms in total. The highest BCUT2D eigenvalue weighted by Crippen LogP contribution is 2.32. The molecule has 0 radical (unpaired) electrons. The molecule has 0 aromatic heterocycles. The quantitative estimate of drug-likeness (QED) is 0.686. The van der Waals surface area contributed by atoms with Crippen molar-refractivity contribution < 1.29 is 4.79 Å². The first kappa shape index (κ1) is 9.97. The monoisotopic (exact) mass is 196 g/mol. The summed E-state index contributed by atoms with van der Waals surface area (Å²) in [7, 11) is 0. The van der Waals surface area contributed by atoms with E-state index in [2.05, 4.69) is 19.2 Å². The highest BCUT2D eigenvalue weighted by molar-refractivity contribution is 5.79. The van der Waals surface area contributed by atoms with E-state index in [1.54, 1.807) is 0 Å². The summed E-state index contributed by atoms with van der Waals surface area (Å²) in [6.45, 7) is 6.33. The van der Waals surface area contributed by atoms with Crippen molar-refractivity contribution in [2.45, 2.75) is 45.7 Å². The standard InChI is InChI=1S/C11H20N2O/c1-11(2)7-10(14)13(8-11)9-5-3-4-6-12-9/h9,12H,3-8H2,1-2H3. The fourth-order valence-electron chi connectivity index (χ4n) is 2.50. The molecule has 0 saturated carbocycles. The first-order chi connectivity index (χ1) is 6.58. The van der Waals surface area contributed by atoms with Gasteiger partial charge in [-0.3, -0.25) is 10.1 Å². The van der Waals surface area contributed by atoms with Gasteiger partial charge in [0.05, 0.1) is 6.17 Å². The third-order valence-corrected chi connectivity index (χ3v) is 3.21. The van der Waals surface area contributed by atoms with Crippen LogP contribution >= 0.6 is 0 Å². The maximum atomic E-state index is 11.8. The Morgan fingerprint density at radius 1 is 1.43 bits per heavy atom. The Morgan fingerprint density at radius 2 is 2.21 bits per heavy atom. The molecule has 2 rings (SSSR count). The number of piperidine rings is 1. The summed E-state index contributed by atoms with van der Waals surface area (Å²) in [5.74, 6) is 0.328. The summed E-state index contributed by atoms with van der Waals surface area (Å²) >= 11 is 0. The van der Waals surface area contributed by atoms with Gasteiger partial charge in [-0.2, -0.15) is 0 Å². The molecule has 1 N–H and O–H groups in total. The summed E-state index contributed by atoms with van der Waals surface area (Å²) in [6.07, 6.45) is 4.66. The summed E-state index contributed by atoms with van der Waals surface area (Å²) in [5.41, 5.74) is 0.177. The van der Waals surface area contributed by atoms with Gasteiger partial charge in [-0.25, -0.2) is 0 Å². The van der Waals surface area contributed by atoms with Gasteiger partial charge in [-0.05, 0) is 31.2 Å². The van der Waals surface area contributed by atoms with Crippen molar-refractivity contribution in [2.24, 2.45) is 5.41 Å². The molecule has 0 aromatic carbocycles. The van der Waals surface area contributed by atoms with Gasteiger partial charge in [0, 0.05) is 13.0 Å². The maximum absolute atomic E-state index is 11.8. The molecule has 80 valence electrons. The lowest BCUT2D eigenvalue weighted by molar-refractivity contribution is -0.130. The lowest BCUT2D eigenvalue weighted by atomic mass is 9.93. The minimum absolute atomic E-state index is 0.177. The van der Waals surface area contributed by atoms with Crippen LogP contribution in [0.4, 0.5) is 0 Å². The lowest BCUT2D eigenvalue weighted by Gasteiger charge is -2.33. The Balaban J connectivity index is 2.00. The van der Waals surface area contributed by atoms with Crippen molar-refractivity contribution in [3.05, 3.63) is 0 Å². The smallest absolute Gasteiger partial charge is 0.224 e. The second-order valence-electron chi connectivity index (χ2n) is 5.33. The van der Waals surface area contributed by atoms with E-state index in [0.29, 0.717) is 18.5 Å². The van der Waals surface area contributed by atoms with Crippen LogP contribution in [0.2, 0.25) is 0 Å². The van der Waals surface area contributed by atoms with Gasteiger partial charge < -0.3 is 4.90 Å². The summed E-state index contributed by atoms with van der Waals surface area (Å²) < 4.78 is 0. The highest BCUT2D eigenvalue weighted by Gasteiger charge is 2.39. The van der Waals surface area contributed by atoms with Gasteiger partial charge in [0.15, 0.2) is 0 Å². The number of amides is 1. The van der Waals surface area contributed by atoms with Gasteiger partial charge in [-0.15, -0.1) is 0 Å². The second kappa shape index (κ2) is 3.54. The summed E-state index contributed by atoms with van der Waals surface area (Å²) in [5, 5.41) is 3.43.